The first-order chi connectivity index (χ1) is 11.0. The molecule has 3 N–H and O–H groups in total. The molecule has 1 aliphatic rings. The number of hydrogen-bond donors (Lipinski definition) is 3. The lowest BCUT2D eigenvalue weighted by Gasteiger charge is -2.11. The Morgan fingerprint density at radius 3 is 2.52 bits per heavy atom. The maximum absolute atomic E-state index is 11.9. The third-order valence-corrected chi connectivity index (χ3v) is 3.71. The summed E-state index contributed by atoms with van der Waals surface area (Å²) in [6.45, 7) is 1.40. The second kappa shape index (κ2) is 7.58. The summed E-state index contributed by atoms with van der Waals surface area (Å²) in [5, 5.41) is 13.9. The van der Waals surface area contributed by atoms with E-state index in [1.54, 1.807) is 24.3 Å². The van der Waals surface area contributed by atoms with Crippen molar-refractivity contribution in [1.29, 1.82) is 0 Å². The Morgan fingerprint density at radius 1 is 1.26 bits per heavy atom. The molecule has 6 nitrogen and oxygen atoms in total. The third kappa shape index (κ3) is 4.95. The van der Waals surface area contributed by atoms with Crippen molar-refractivity contribution in [2.75, 3.05) is 5.32 Å². The predicted molar refractivity (Wildman–Crippen MR) is 86.1 cm³/mol. The third-order valence-electron chi connectivity index (χ3n) is 3.71. The van der Waals surface area contributed by atoms with E-state index in [9.17, 15) is 14.4 Å². The van der Waals surface area contributed by atoms with E-state index in [1.165, 1.54) is 6.92 Å². The van der Waals surface area contributed by atoms with Crippen molar-refractivity contribution < 1.29 is 19.5 Å². The van der Waals surface area contributed by atoms with Gasteiger partial charge in [-0.05, 0) is 49.9 Å². The maximum Gasteiger partial charge on any atom is 0.325 e. The van der Waals surface area contributed by atoms with Crippen LogP contribution in [0.1, 0.15) is 36.5 Å². The number of carboxylic acid groups (broad SMARTS) is 1. The Bertz CT molecular complexity index is 622. The molecular weight excluding hydrogens is 296 g/mol. The molecule has 1 aromatic rings. The van der Waals surface area contributed by atoms with E-state index in [0.29, 0.717) is 23.6 Å². The van der Waals surface area contributed by atoms with Gasteiger partial charge in [-0.25, -0.2) is 0 Å². The van der Waals surface area contributed by atoms with E-state index < -0.39 is 17.9 Å². The molecule has 2 atom stereocenters. The molecule has 0 saturated carbocycles. The number of allylic oxidation sites excluding steroid dienone is 2. The number of carbonyl (C=O) groups excluding carboxylic acids is 2. The topological polar surface area (TPSA) is 95.5 Å². The van der Waals surface area contributed by atoms with Crippen LogP contribution in [0.3, 0.4) is 0 Å². The minimum Gasteiger partial charge on any atom is -0.480 e. The summed E-state index contributed by atoms with van der Waals surface area (Å²) < 4.78 is 0. The van der Waals surface area contributed by atoms with Crippen molar-refractivity contribution in [2.45, 2.75) is 32.2 Å². The molecule has 1 aliphatic carbocycles. The lowest BCUT2D eigenvalue weighted by atomic mass is 10.0. The summed E-state index contributed by atoms with van der Waals surface area (Å²) in [5.41, 5.74) is 0.953. The Kier molecular flexibility index (Phi) is 5.51. The molecule has 0 fully saturated rings. The molecule has 0 radical (unpaired) electrons. The van der Waals surface area contributed by atoms with Crippen LogP contribution in [0.5, 0.6) is 0 Å². The molecule has 6 heteroatoms. The van der Waals surface area contributed by atoms with Gasteiger partial charge in [0.15, 0.2) is 0 Å². The van der Waals surface area contributed by atoms with E-state index in [2.05, 4.69) is 22.8 Å². The van der Waals surface area contributed by atoms with Gasteiger partial charge < -0.3 is 15.7 Å². The molecule has 0 saturated heterocycles. The van der Waals surface area contributed by atoms with E-state index in [1.807, 2.05) is 0 Å². The Labute approximate surface area is 134 Å². The van der Waals surface area contributed by atoms with Gasteiger partial charge in [0.25, 0.3) is 5.91 Å². The second-order valence-electron chi connectivity index (χ2n) is 5.63. The smallest absolute Gasteiger partial charge is 0.325 e. The van der Waals surface area contributed by atoms with Crippen LogP contribution < -0.4 is 10.6 Å². The monoisotopic (exact) mass is 316 g/mol. The number of hydrogen-bond acceptors (Lipinski definition) is 3. The van der Waals surface area contributed by atoms with Gasteiger partial charge in [-0.1, -0.05) is 12.2 Å². The number of nitrogens with one attached hydrogen (secondary N) is 2. The van der Waals surface area contributed by atoms with E-state index >= 15 is 0 Å². The molecular formula is C17H20N2O4. The molecule has 1 aromatic carbocycles. The zero-order chi connectivity index (χ0) is 16.8. The van der Waals surface area contributed by atoms with Crippen LogP contribution in [0.2, 0.25) is 0 Å². The Balaban J connectivity index is 1.88. The van der Waals surface area contributed by atoms with Crippen molar-refractivity contribution in [3.05, 3.63) is 42.0 Å². The fraction of sp³-hybridized carbons (Fsp3) is 0.353. The van der Waals surface area contributed by atoms with Crippen LogP contribution in [-0.2, 0) is 9.59 Å². The van der Waals surface area contributed by atoms with Crippen LogP contribution >= 0.6 is 0 Å². The van der Waals surface area contributed by atoms with E-state index in [0.717, 1.165) is 12.8 Å². The highest BCUT2D eigenvalue weighted by molar-refractivity contribution is 5.97. The highest BCUT2D eigenvalue weighted by atomic mass is 16.4. The highest BCUT2D eigenvalue weighted by Crippen LogP contribution is 2.21. The first kappa shape index (κ1) is 16.7. The summed E-state index contributed by atoms with van der Waals surface area (Å²) in [4.78, 5) is 34.5. The van der Waals surface area contributed by atoms with Crippen molar-refractivity contribution in [2.24, 2.45) is 5.92 Å². The number of benzene rings is 1. The molecule has 122 valence electrons. The van der Waals surface area contributed by atoms with Gasteiger partial charge in [0.05, 0.1) is 0 Å². The number of aliphatic carboxylic acids is 1. The van der Waals surface area contributed by atoms with Crippen molar-refractivity contribution in [1.82, 2.24) is 5.32 Å². The molecule has 0 aromatic heterocycles. The van der Waals surface area contributed by atoms with Crippen LogP contribution in [0.15, 0.2) is 36.4 Å². The van der Waals surface area contributed by atoms with Gasteiger partial charge in [0, 0.05) is 17.7 Å². The summed E-state index contributed by atoms with van der Waals surface area (Å²) in [7, 11) is 0. The predicted octanol–water partition coefficient (Wildman–Crippen LogP) is 2.18. The van der Waals surface area contributed by atoms with E-state index in [-0.39, 0.29) is 5.91 Å². The molecule has 0 bridgehead atoms. The molecule has 0 heterocycles. The normalized spacial score (nSPS) is 17.5. The quantitative estimate of drug-likeness (QED) is 0.701. The van der Waals surface area contributed by atoms with Gasteiger partial charge in [0.1, 0.15) is 6.04 Å². The summed E-state index contributed by atoms with van der Waals surface area (Å²) in [5.74, 6) is -1.31. The Morgan fingerprint density at radius 2 is 1.96 bits per heavy atom. The number of rotatable bonds is 6. The first-order valence-corrected chi connectivity index (χ1v) is 7.56. The SMILES string of the molecule is CC(NC(=O)c1ccc(NC(=O)CC2C=CCC2)cc1)C(=O)O. The average molecular weight is 316 g/mol. The van der Waals surface area contributed by atoms with Crippen molar-refractivity contribution in [3.8, 4) is 0 Å². The number of amides is 2. The average Bonchev–Trinajstić information content (AvgIpc) is 3.00. The number of carboxylic acids is 1. The fourth-order valence-electron chi connectivity index (χ4n) is 2.36. The van der Waals surface area contributed by atoms with Gasteiger partial charge >= 0.3 is 5.97 Å². The summed E-state index contributed by atoms with van der Waals surface area (Å²) >= 11 is 0. The van der Waals surface area contributed by atoms with Crippen molar-refractivity contribution in [3.63, 3.8) is 0 Å². The van der Waals surface area contributed by atoms with Gasteiger partial charge in [0.2, 0.25) is 5.91 Å². The minimum absolute atomic E-state index is 0.0572. The first-order valence-electron chi connectivity index (χ1n) is 7.56. The molecule has 0 aliphatic heterocycles. The molecule has 2 rings (SSSR count). The van der Waals surface area contributed by atoms with Gasteiger partial charge in [-0.3, -0.25) is 14.4 Å². The summed E-state index contributed by atoms with van der Waals surface area (Å²) in [6, 6.07) is 5.40. The molecule has 0 spiro atoms. The lowest BCUT2D eigenvalue weighted by Crippen LogP contribution is -2.38. The second-order valence-corrected chi connectivity index (χ2v) is 5.63. The highest BCUT2D eigenvalue weighted by Gasteiger charge is 2.16. The maximum atomic E-state index is 11.9. The Hall–Kier alpha value is -2.63. The lowest BCUT2D eigenvalue weighted by molar-refractivity contribution is -0.138. The van der Waals surface area contributed by atoms with Crippen LogP contribution in [-0.4, -0.2) is 28.9 Å². The molecule has 2 amide bonds. The molecule has 2 unspecified atom stereocenters. The number of anilines is 1. The van der Waals surface area contributed by atoms with Gasteiger partial charge in [-0.2, -0.15) is 0 Å². The van der Waals surface area contributed by atoms with Gasteiger partial charge in [-0.15, -0.1) is 0 Å². The number of carbonyl (C=O) groups is 3. The van der Waals surface area contributed by atoms with Crippen LogP contribution in [0.25, 0.3) is 0 Å². The molecule has 23 heavy (non-hydrogen) atoms. The summed E-state index contributed by atoms with van der Waals surface area (Å²) in [6.07, 6.45) is 6.64. The largest absolute Gasteiger partial charge is 0.480 e. The standard InChI is InChI=1S/C17H20N2O4/c1-11(17(22)23)18-16(21)13-6-8-14(9-7-13)19-15(20)10-12-4-2-3-5-12/h2,4,6-9,11-12H,3,5,10H2,1H3,(H,18,21)(H,19,20)(H,22,23). The van der Waals surface area contributed by atoms with Crippen LogP contribution in [0.4, 0.5) is 5.69 Å². The zero-order valence-corrected chi connectivity index (χ0v) is 12.9. The zero-order valence-electron chi connectivity index (χ0n) is 12.9. The van der Waals surface area contributed by atoms with Crippen molar-refractivity contribution >= 4 is 23.5 Å². The minimum atomic E-state index is -1.09. The van der Waals surface area contributed by atoms with Crippen LogP contribution in [0, 0.1) is 5.92 Å². The fourth-order valence-corrected chi connectivity index (χ4v) is 2.36. The van der Waals surface area contributed by atoms with E-state index in [4.69, 9.17) is 5.11 Å².